The van der Waals surface area contributed by atoms with Gasteiger partial charge in [0.25, 0.3) is 5.91 Å². The van der Waals surface area contributed by atoms with E-state index in [1.54, 1.807) is 11.1 Å². The van der Waals surface area contributed by atoms with Crippen LogP contribution in [0.5, 0.6) is 5.75 Å². The number of nitrogens with zero attached hydrogens (tertiary/aromatic N) is 8. The number of rotatable bonds is 6. The average molecular weight is 775 g/mol. The van der Waals surface area contributed by atoms with Gasteiger partial charge in [-0.15, -0.1) is 0 Å². The van der Waals surface area contributed by atoms with E-state index < -0.39 is 11.8 Å². The van der Waals surface area contributed by atoms with Gasteiger partial charge in [-0.2, -0.15) is 0 Å². The topological polar surface area (TPSA) is 195 Å². The lowest BCUT2D eigenvalue weighted by Crippen LogP contribution is -2.55. The van der Waals surface area contributed by atoms with Crippen LogP contribution in [0.1, 0.15) is 58.9 Å². The molecule has 2 aromatic carbocycles. The van der Waals surface area contributed by atoms with E-state index in [-0.39, 0.29) is 47.9 Å². The second-order valence-electron chi connectivity index (χ2n) is 15.9. The minimum atomic E-state index is -0.681. The van der Waals surface area contributed by atoms with Crippen LogP contribution >= 0.6 is 0 Å². The predicted molar refractivity (Wildman–Crippen MR) is 208 cm³/mol. The van der Waals surface area contributed by atoms with Gasteiger partial charge in [-0.05, 0) is 43.0 Å². The van der Waals surface area contributed by atoms with E-state index in [0.29, 0.717) is 43.3 Å². The van der Waals surface area contributed by atoms with Crippen LogP contribution in [0.2, 0.25) is 0 Å². The van der Waals surface area contributed by atoms with E-state index in [0.717, 1.165) is 86.4 Å². The summed E-state index contributed by atoms with van der Waals surface area (Å²) in [6.45, 7) is 5.84. The zero-order valence-electron chi connectivity index (χ0n) is 31.7. The second-order valence-corrected chi connectivity index (χ2v) is 15.9. The van der Waals surface area contributed by atoms with Gasteiger partial charge in [0.1, 0.15) is 29.9 Å². The third-order valence-corrected chi connectivity index (χ3v) is 12.5. The molecule has 4 N–H and O–H groups in total. The van der Waals surface area contributed by atoms with E-state index in [4.69, 9.17) is 20.0 Å². The zero-order chi connectivity index (χ0) is 38.9. The Morgan fingerprint density at radius 2 is 1.93 bits per heavy atom. The molecule has 4 fully saturated rings. The Morgan fingerprint density at radius 1 is 1.04 bits per heavy atom. The van der Waals surface area contributed by atoms with Crippen LogP contribution in [-0.4, -0.2) is 131 Å². The number of amides is 5. The third-order valence-electron chi connectivity index (χ3n) is 12.5. The lowest BCUT2D eigenvalue weighted by atomic mass is 9.92. The number of hydrogen-bond acceptors (Lipinski definition) is 12. The van der Waals surface area contributed by atoms with Gasteiger partial charge in [-0.1, -0.05) is 11.2 Å². The summed E-state index contributed by atoms with van der Waals surface area (Å²) < 4.78 is 14.7. The molecule has 57 heavy (non-hydrogen) atoms. The monoisotopic (exact) mass is 774 g/mol. The first-order valence-electron chi connectivity index (χ1n) is 19.8. The zero-order valence-corrected chi connectivity index (χ0v) is 31.7. The molecule has 7 heterocycles. The minimum Gasteiger partial charge on any atom is -0.489 e. The van der Waals surface area contributed by atoms with Crippen LogP contribution in [-0.2, 0) is 22.4 Å². The number of nitrogens with two attached hydrogens (primary N) is 1. The summed E-state index contributed by atoms with van der Waals surface area (Å²) in [7, 11) is 1.83. The molecule has 17 heteroatoms. The van der Waals surface area contributed by atoms with Crippen LogP contribution < -0.4 is 30.9 Å². The van der Waals surface area contributed by atoms with Crippen LogP contribution in [0.25, 0.3) is 11.0 Å². The Hall–Kier alpha value is -6.26. The van der Waals surface area contributed by atoms with Gasteiger partial charge in [0, 0.05) is 62.4 Å². The fourth-order valence-electron chi connectivity index (χ4n) is 9.49. The quantitative estimate of drug-likeness (QED) is 0.191. The molecule has 0 bridgehead atoms. The fourth-order valence-corrected chi connectivity index (χ4v) is 9.49. The van der Waals surface area contributed by atoms with Gasteiger partial charge in [-0.25, -0.2) is 19.3 Å². The molecular formula is C40H44N11O6+. The predicted octanol–water partition coefficient (Wildman–Crippen LogP) is 2.15. The van der Waals surface area contributed by atoms with E-state index >= 15 is 0 Å². The Balaban J connectivity index is 0.833. The first-order valence-corrected chi connectivity index (χ1v) is 19.8. The van der Waals surface area contributed by atoms with Crippen molar-refractivity contribution in [2.45, 2.75) is 56.5 Å². The van der Waals surface area contributed by atoms with Gasteiger partial charge in [0.15, 0.2) is 35.9 Å². The van der Waals surface area contributed by atoms with Crippen molar-refractivity contribution in [2.24, 2.45) is 5.73 Å². The van der Waals surface area contributed by atoms with Crippen LogP contribution in [0, 0.1) is 0 Å². The standard InChI is InChI=1S/C40H43N11O6/c1-47-11-13-51(40(47)55)24-3-2-10-49(19-24)32-18-42-35(37(41)53)38(44-32)43-23-5-8-30-31(16-23)56-21-26-20-48(12-14-50(26)30)25-15-22-4-6-27-34(46-57-36(27)29(22)17-25)28-7-9-33(52)45-39(28)54/h4-6,8,16,18,24,26,28H,2-3,7,9-15,17,19-21H2,1H3,(H3-,41,43,44,45,52,53,54)/p+1/b48-25+/t24-,26-,28?/m1/s1. The van der Waals surface area contributed by atoms with Gasteiger partial charge >= 0.3 is 6.03 Å². The molecule has 294 valence electrons. The summed E-state index contributed by atoms with van der Waals surface area (Å²) in [5.74, 6) is -0.115. The number of ether oxygens (including phenoxy) is 1. The molecular weight excluding hydrogens is 731 g/mol. The Bertz CT molecular complexity index is 2390. The number of hydrogen-bond donors (Lipinski definition) is 3. The molecule has 0 radical (unpaired) electrons. The number of benzene rings is 2. The third kappa shape index (κ3) is 6.15. The Labute approximate surface area is 327 Å². The first kappa shape index (κ1) is 35.2. The number of likely N-dealkylation sites (N-methyl/N-ethyl adjacent to an activating group) is 1. The molecule has 1 unspecified atom stereocenters. The van der Waals surface area contributed by atoms with Crippen molar-refractivity contribution in [3.8, 4) is 5.75 Å². The largest absolute Gasteiger partial charge is 0.489 e. The highest BCUT2D eigenvalue weighted by Gasteiger charge is 2.40. The summed E-state index contributed by atoms with van der Waals surface area (Å²) in [6, 6.07) is 10.3. The average Bonchev–Trinajstić information content (AvgIpc) is 3.94. The summed E-state index contributed by atoms with van der Waals surface area (Å²) in [5, 5.41) is 10.9. The van der Waals surface area contributed by atoms with Crippen LogP contribution in [0.15, 0.2) is 41.1 Å². The van der Waals surface area contributed by atoms with Crippen molar-refractivity contribution >= 4 is 63.4 Å². The van der Waals surface area contributed by atoms with Gasteiger partial charge in [-0.3, -0.25) is 19.7 Å². The van der Waals surface area contributed by atoms with Crippen LogP contribution in [0.3, 0.4) is 0 Å². The number of fused-ring (bicyclic) bond motifs is 6. The molecule has 4 aromatic rings. The van der Waals surface area contributed by atoms with E-state index in [1.807, 2.05) is 36.2 Å². The summed E-state index contributed by atoms with van der Waals surface area (Å²) in [4.78, 5) is 67.0. The highest BCUT2D eigenvalue weighted by atomic mass is 16.5. The van der Waals surface area contributed by atoms with Crippen molar-refractivity contribution in [3.63, 3.8) is 0 Å². The number of urea groups is 1. The number of aromatic nitrogens is 3. The number of carbonyl (C=O) groups is 4. The van der Waals surface area contributed by atoms with Crippen LogP contribution in [0.4, 0.5) is 27.8 Å². The molecule has 0 spiro atoms. The fraction of sp³-hybridized carbons (Fsp3) is 0.450. The number of piperazine rings is 1. The molecule has 0 saturated carbocycles. The SMILES string of the molecule is CN1CCN([C@@H]2CCCN(c3cnc(C(N)=O)c(Nc4ccc5c(c4)OC[C@H]4C/[N+](=C6\Cc7ccc8c(C9CCC(=O)NC9=O)noc8c7C6)CCN54)n3)C2)C1=O. The number of carbonyl (C=O) groups excluding carboxylic acids is 4. The van der Waals surface area contributed by atoms with Gasteiger partial charge < -0.3 is 39.9 Å². The van der Waals surface area contributed by atoms with Gasteiger partial charge in [0.2, 0.25) is 11.8 Å². The van der Waals surface area contributed by atoms with Crippen molar-refractivity contribution in [2.75, 3.05) is 74.6 Å². The molecule has 5 aliphatic heterocycles. The van der Waals surface area contributed by atoms with Crippen molar-refractivity contribution in [1.82, 2.24) is 30.2 Å². The number of primary amides is 1. The molecule has 4 saturated heterocycles. The number of nitrogens with one attached hydrogen (secondary N) is 2. The molecule has 17 nitrogen and oxygen atoms in total. The molecule has 10 rings (SSSR count). The Kier molecular flexibility index (Phi) is 8.48. The highest BCUT2D eigenvalue weighted by Crippen LogP contribution is 2.39. The minimum absolute atomic E-state index is 0.0452. The summed E-state index contributed by atoms with van der Waals surface area (Å²) in [5.41, 5.74) is 12.5. The number of anilines is 4. The highest BCUT2D eigenvalue weighted by molar-refractivity contribution is 6.03. The normalized spacial score (nSPS) is 24.6. The molecule has 1 aliphatic carbocycles. The van der Waals surface area contributed by atoms with Crippen molar-refractivity contribution in [3.05, 3.63) is 59.0 Å². The maximum Gasteiger partial charge on any atom is 0.320 e. The second kappa shape index (κ2) is 13.7. The van der Waals surface area contributed by atoms with Crippen molar-refractivity contribution < 1.29 is 33.0 Å². The van der Waals surface area contributed by atoms with E-state index in [2.05, 4.69) is 41.2 Å². The van der Waals surface area contributed by atoms with E-state index in [9.17, 15) is 19.2 Å². The first-order chi connectivity index (χ1) is 27.7. The maximum atomic E-state index is 12.7. The summed E-state index contributed by atoms with van der Waals surface area (Å²) in [6.07, 6.45) is 5.71. The molecule has 3 atom stereocenters. The number of imide groups is 1. The Morgan fingerprint density at radius 3 is 2.75 bits per heavy atom. The lowest BCUT2D eigenvalue weighted by Gasteiger charge is -2.40. The van der Waals surface area contributed by atoms with E-state index in [1.165, 1.54) is 11.3 Å². The summed E-state index contributed by atoms with van der Waals surface area (Å²) >= 11 is 0. The smallest absolute Gasteiger partial charge is 0.320 e. The van der Waals surface area contributed by atoms with Crippen molar-refractivity contribution in [1.29, 1.82) is 0 Å². The molecule has 6 aliphatic rings. The maximum absolute atomic E-state index is 12.7. The molecule has 5 amide bonds. The lowest BCUT2D eigenvalue weighted by molar-refractivity contribution is -0.537. The molecule has 2 aromatic heterocycles. The number of piperidine rings is 2. The van der Waals surface area contributed by atoms with Gasteiger partial charge in [0.05, 0.1) is 43.2 Å².